The van der Waals surface area contributed by atoms with E-state index in [1.54, 1.807) is 0 Å². The van der Waals surface area contributed by atoms with Gasteiger partial charge in [-0.05, 0) is 6.92 Å². The molecule has 0 aromatic carbocycles. The molecule has 5 heteroatoms. The molecule has 12 heavy (non-hydrogen) atoms. The molecule has 0 aliphatic carbocycles. The summed E-state index contributed by atoms with van der Waals surface area (Å²) in [6, 6.07) is 0. The Bertz CT molecular complexity index is 147. The molecule has 0 aliphatic heterocycles. The van der Waals surface area contributed by atoms with Crippen LogP contribution in [0.4, 0.5) is 0 Å². The second-order valence-corrected chi connectivity index (χ2v) is 9.36. The Hall–Kier alpha value is 0.907. The number of ether oxygens (including phenoxy) is 1. The van der Waals surface area contributed by atoms with E-state index >= 15 is 0 Å². The van der Waals surface area contributed by atoms with Crippen LogP contribution < -0.4 is 29.6 Å². The normalized spacial score (nSPS) is 12.2. The van der Waals surface area contributed by atoms with Crippen LogP contribution in [0.2, 0.25) is 19.6 Å². The van der Waals surface area contributed by atoms with Crippen LogP contribution in [0.15, 0.2) is 4.99 Å². The number of hydrogen-bond donors (Lipinski definition) is 0. The minimum atomic E-state index is -1.08. The van der Waals surface area contributed by atoms with Crippen LogP contribution >= 0.6 is 0 Å². The van der Waals surface area contributed by atoms with Crippen molar-refractivity contribution in [3.05, 3.63) is 0 Å². The summed E-state index contributed by atoms with van der Waals surface area (Å²) in [5.41, 5.74) is 0. The topological polar surface area (TPSA) is 21.6 Å². The summed E-state index contributed by atoms with van der Waals surface area (Å²) in [7, 11) is -1.08. The summed E-state index contributed by atoms with van der Waals surface area (Å²) in [6.07, 6.45) is 0.867. The summed E-state index contributed by atoms with van der Waals surface area (Å²) in [5, 5.41) is 0.412. The molecule has 0 fully saturated rings. The molecule has 0 aromatic rings. The number of aliphatic imine (C=N–C) groups is 1. The summed E-state index contributed by atoms with van der Waals surface area (Å²) in [5.74, 6) is 0. The molecule has 2 nitrogen and oxygen atoms in total. The summed E-state index contributed by atoms with van der Waals surface area (Å²) in [4.78, 5) is 4.16. The van der Waals surface area contributed by atoms with Crippen molar-refractivity contribution in [2.45, 2.75) is 26.6 Å². The van der Waals surface area contributed by atoms with Gasteiger partial charge in [-0.2, -0.15) is 0 Å². The molecule has 0 bridgehead atoms. The first kappa shape index (κ1) is 15.4. The fourth-order valence-electron chi connectivity index (χ4n) is 0.471. The van der Waals surface area contributed by atoms with E-state index < -0.39 is 8.07 Å². The molecule has 0 heterocycles. The third kappa shape index (κ3) is 10.9. The van der Waals surface area contributed by atoms with Gasteiger partial charge in [-0.15, -0.1) is 0 Å². The Balaban J connectivity index is 0. The van der Waals surface area contributed by atoms with E-state index in [1.807, 2.05) is 6.92 Å². The molecule has 0 atom stereocenters. The molecule has 0 unspecified atom stereocenters. The third-order valence-corrected chi connectivity index (χ3v) is 2.30. The fraction of sp³-hybridized carbons (Fsp3) is 0.857. The molecule has 0 spiro atoms. The van der Waals surface area contributed by atoms with E-state index in [2.05, 4.69) is 24.6 Å². The minimum Gasteiger partial charge on any atom is -0.722 e. The maximum atomic E-state index is 5.02. The van der Waals surface area contributed by atoms with Crippen LogP contribution in [-0.4, -0.2) is 26.1 Å². The van der Waals surface area contributed by atoms with E-state index in [-0.39, 0.29) is 29.6 Å². The molecule has 0 radical (unpaired) electrons. The van der Waals surface area contributed by atoms with Gasteiger partial charge < -0.3 is 17.4 Å². The molecule has 0 amide bonds. The zero-order valence-corrected chi connectivity index (χ0v) is 12.5. The Morgan fingerprint density at radius 2 is 1.92 bits per heavy atom. The quantitative estimate of drug-likeness (QED) is 0.254. The van der Waals surface area contributed by atoms with E-state index in [4.69, 9.17) is 17.4 Å². The standard InChI is InChI=1S/C7H17NOSSi.Na/c1-5-9-7(10)8-6-11(2,3)4;/h5-6H2,1-4H3,(H,8,10);/q;+1/p-1. The average molecular weight is 213 g/mol. The van der Waals surface area contributed by atoms with Crippen LogP contribution in [-0.2, 0) is 17.4 Å². The van der Waals surface area contributed by atoms with Gasteiger partial charge >= 0.3 is 29.6 Å². The molecule has 0 rings (SSSR count). The van der Waals surface area contributed by atoms with Gasteiger partial charge in [0.2, 0.25) is 0 Å². The van der Waals surface area contributed by atoms with E-state index in [9.17, 15) is 0 Å². The van der Waals surface area contributed by atoms with Crippen LogP contribution in [0.5, 0.6) is 0 Å². The Kier molecular flexibility index (Phi) is 9.39. The number of nitrogens with zero attached hydrogens (tertiary/aromatic N) is 1. The Labute approximate surface area is 104 Å². The summed E-state index contributed by atoms with van der Waals surface area (Å²) >= 11 is 4.85. The van der Waals surface area contributed by atoms with Crippen molar-refractivity contribution < 1.29 is 34.3 Å². The van der Waals surface area contributed by atoms with Crippen LogP contribution in [0.25, 0.3) is 0 Å². The second kappa shape index (κ2) is 7.32. The summed E-state index contributed by atoms with van der Waals surface area (Å²) in [6.45, 7) is 9.30. The van der Waals surface area contributed by atoms with Gasteiger partial charge in [0.05, 0.1) is 19.9 Å². The van der Waals surface area contributed by atoms with Crippen molar-refractivity contribution in [3.8, 4) is 0 Å². The second-order valence-electron chi connectivity index (χ2n) is 3.58. The minimum absolute atomic E-state index is 0. The maximum Gasteiger partial charge on any atom is 1.00 e. The molecule has 0 aromatic heterocycles. The molecule has 0 aliphatic rings. The SMILES string of the molecule is CCO/C([S-])=N\C[Si](C)(C)C.[Na+]. The van der Waals surface area contributed by atoms with Crippen molar-refractivity contribution in [2.24, 2.45) is 4.99 Å². The largest absolute Gasteiger partial charge is 1.00 e. The zero-order valence-electron chi connectivity index (χ0n) is 8.68. The Morgan fingerprint density at radius 3 is 2.25 bits per heavy atom. The van der Waals surface area contributed by atoms with E-state index in [0.717, 1.165) is 6.17 Å². The van der Waals surface area contributed by atoms with Crippen LogP contribution in [0.3, 0.4) is 0 Å². The maximum absolute atomic E-state index is 5.02. The first-order chi connectivity index (χ1) is 4.95. The average Bonchev–Trinajstić information content (AvgIpc) is 1.83. The molecular formula is C7H16NNaOSSi. The van der Waals surface area contributed by atoms with Gasteiger partial charge in [-0.25, -0.2) is 0 Å². The van der Waals surface area contributed by atoms with E-state index in [1.165, 1.54) is 0 Å². The first-order valence-electron chi connectivity index (χ1n) is 3.80. The zero-order chi connectivity index (χ0) is 8.91. The number of rotatable bonds is 3. The predicted molar refractivity (Wildman–Crippen MR) is 54.6 cm³/mol. The smallest absolute Gasteiger partial charge is 0.722 e. The van der Waals surface area contributed by atoms with Crippen molar-refractivity contribution in [2.75, 3.05) is 12.8 Å². The van der Waals surface area contributed by atoms with Crippen molar-refractivity contribution in [3.63, 3.8) is 0 Å². The van der Waals surface area contributed by atoms with Crippen molar-refractivity contribution in [1.29, 1.82) is 0 Å². The molecular weight excluding hydrogens is 197 g/mol. The van der Waals surface area contributed by atoms with Gasteiger partial charge in [-0.1, -0.05) is 19.6 Å². The molecule has 66 valence electrons. The molecule has 0 saturated heterocycles. The predicted octanol–water partition coefficient (Wildman–Crippen LogP) is -1.19. The van der Waals surface area contributed by atoms with Crippen LogP contribution in [0, 0.1) is 0 Å². The van der Waals surface area contributed by atoms with Crippen LogP contribution in [0.1, 0.15) is 6.92 Å². The van der Waals surface area contributed by atoms with Crippen molar-refractivity contribution >= 4 is 25.9 Å². The van der Waals surface area contributed by atoms with Gasteiger partial charge in [0, 0.05) is 6.17 Å². The van der Waals surface area contributed by atoms with Gasteiger partial charge in [-0.3, -0.25) is 4.99 Å². The van der Waals surface area contributed by atoms with Gasteiger partial charge in [0.1, 0.15) is 0 Å². The third-order valence-electron chi connectivity index (χ3n) is 0.950. The molecule has 0 N–H and O–H groups in total. The van der Waals surface area contributed by atoms with Crippen molar-refractivity contribution in [1.82, 2.24) is 0 Å². The van der Waals surface area contributed by atoms with Gasteiger partial charge in [0.15, 0.2) is 0 Å². The Morgan fingerprint density at radius 1 is 1.42 bits per heavy atom. The fourth-order valence-corrected chi connectivity index (χ4v) is 1.39. The summed E-state index contributed by atoms with van der Waals surface area (Å²) < 4.78 is 5.02. The molecule has 0 saturated carbocycles. The first-order valence-corrected chi connectivity index (χ1v) is 7.91. The number of hydrogen-bond acceptors (Lipinski definition) is 3. The van der Waals surface area contributed by atoms with E-state index in [0.29, 0.717) is 11.8 Å². The van der Waals surface area contributed by atoms with Gasteiger partial charge in [0.25, 0.3) is 0 Å². The monoisotopic (exact) mass is 213 g/mol.